The summed E-state index contributed by atoms with van der Waals surface area (Å²) in [6.07, 6.45) is -0.546. The zero-order valence-corrected chi connectivity index (χ0v) is 19.1. The van der Waals surface area contributed by atoms with Gasteiger partial charge in [-0.25, -0.2) is 9.97 Å². The molecule has 7 nitrogen and oxygen atoms in total. The lowest BCUT2D eigenvalue weighted by atomic mass is 10.1. The molecular formula is C22H25F3N6OS. The number of nitrogens with zero attached hydrogens (tertiary/aromatic N) is 6. The molecule has 5 rings (SSSR count). The number of likely N-dealkylation sites (N-methyl/N-ethyl adjacent to an activating group) is 1. The predicted octanol–water partition coefficient (Wildman–Crippen LogP) is 2.68. The number of anilines is 1. The van der Waals surface area contributed by atoms with Gasteiger partial charge in [-0.15, -0.1) is 11.3 Å². The van der Waals surface area contributed by atoms with E-state index in [0.717, 1.165) is 41.4 Å². The van der Waals surface area contributed by atoms with Gasteiger partial charge < -0.3 is 9.80 Å². The molecule has 0 bridgehead atoms. The van der Waals surface area contributed by atoms with E-state index in [1.807, 2.05) is 0 Å². The molecule has 0 aliphatic carbocycles. The minimum absolute atomic E-state index is 0.00370. The number of piperazine rings is 1. The maximum Gasteiger partial charge on any atom is 0.419 e. The van der Waals surface area contributed by atoms with Crippen molar-refractivity contribution in [3.05, 3.63) is 51.0 Å². The van der Waals surface area contributed by atoms with Crippen molar-refractivity contribution in [3.8, 4) is 0 Å². The number of alkyl halides is 3. The number of aromatic nitrogens is 3. The molecule has 0 unspecified atom stereocenters. The second-order valence-electron chi connectivity index (χ2n) is 8.62. The molecular weight excluding hydrogens is 453 g/mol. The number of thiophene rings is 1. The maximum atomic E-state index is 13.3. The van der Waals surface area contributed by atoms with Crippen LogP contribution in [0.15, 0.2) is 29.5 Å². The fraction of sp³-hybridized carbons (Fsp3) is 0.500. The highest BCUT2D eigenvalue weighted by molar-refractivity contribution is 7.18. The third-order valence-electron chi connectivity index (χ3n) is 6.44. The Kier molecular flexibility index (Phi) is 5.87. The van der Waals surface area contributed by atoms with Gasteiger partial charge in [-0.1, -0.05) is 0 Å². The highest BCUT2D eigenvalue weighted by atomic mass is 32.1. The lowest BCUT2D eigenvalue weighted by Crippen LogP contribution is -2.48. The van der Waals surface area contributed by atoms with Crippen LogP contribution in [-0.4, -0.2) is 70.7 Å². The van der Waals surface area contributed by atoms with Crippen LogP contribution in [0.3, 0.4) is 0 Å². The minimum atomic E-state index is -4.43. The van der Waals surface area contributed by atoms with E-state index in [1.165, 1.54) is 17.1 Å². The molecule has 1 fully saturated rings. The van der Waals surface area contributed by atoms with E-state index in [4.69, 9.17) is 0 Å². The van der Waals surface area contributed by atoms with Crippen LogP contribution in [-0.2, 0) is 25.7 Å². The number of hydrogen-bond acceptors (Lipinski definition) is 7. The third kappa shape index (κ3) is 4.36. The fourth-order valence-corrected chi connectivity index (χ4v) is 5.87. The van der Waals surface area contributed by atoms with Crippen LogP contribution in [0.25, 0.3) is 10.2 Å². The standard InChI is InChI=1S/C22H25F3N6OS/c1-28-6-4-15-17(13-28)33-20-18(15)21(32)31(14-27-20)12-9-29-7-10-30(11-8-29)19-16(22(23,24)25)3-2-5-26-19/h2-3,5,14H,4,6-13H2,1H3. The molecule has 0 N–H and O–H groups in total. The number of hydrogen-bond donors (Lipinski definition) is 0. The highest BCUT2D eigenvalue weighted by Gasteiger charge is 2.36. The van der Waals surface area contributed by atoms with Crippen molar-refractivity contribution >= 4 is 27.4 Å². The third-order valence-corrected chi connectivity index (χ3v) is 7.56. The van der Waals surface area contributed by atoms with Crippen LogP contribution in [0.5, 0.6) is 0 Å². The first-order chi connectivity index (χ1) is 15.8. The molecule has 33 heavy (non-hydrogen) atoms. The van der Waals surface area contributed by atoms with Crippen molar-refractivity contribution in [1.29, 1.82) is 0 Å². The van der Waals surface area contributed by atoms with Crippen molar-refractivity contribution < 1.29 is 13.2 Å². The van der Waals surface area contributed by atoms with E-state index in [1.54, 1.807) is 27.1 Å². The van der Waals surface area contributed by atoms with Gasteiger partial charge in [-0.3, -0.25) is 14.3 Å². The van der Waals surface area contributed by atoms with Crippen molar-refractivity contribution in [2.24, 2.45) is 0 Å². The Bertz CT molecular complexity index is 1220. The van der Waals surface area contributed by atoms with Crippen LogP contribution in [0.4, 0.5) is 19.0 Å². The van der Waals surface area contributed by atoms with Crippen LogP contribution < -0.4 is 10.5 Å². The second kappa shape index (κ2) is 8.69. The van der Waals surface area contributed by atoms with E-state index in [0.29, 0.717) is 39.3 Å². The van der Waals surface area contributed by atoms with E-state index in [2.05, 4.69) is 26.8 Å². The van der Waals surface area contributed by atoms with Gasteiger partial charge in [-0.05, 0) is 31.2 Å². The Labute approximate surface area is 193 Å². The summed E-state index contributed by atoms with van der Waals surface area (Å²) in [7, 11) is 2.08. The Morgan fingerprint density at radius 1 is 1.09 bits per heavy atom. The molecule has 3 aromatic rings. The molecule has 2 aliphatic heterocycles. The van der Waals surface area contributed by atoms with E-state index >= 15 is 0 Å². The van der Waals surface area contributed by atoms with Gasteiger partial charge in [0.05, 0.1) is 17.3 Å². The summed E-state index contributed by atoms with van der Waals surface area (Å²) >= 11 is 1.61. The molecule has 176 valence electrons. The van der Waals surface area contributed by atoms with E-state index in [-0.39, 0.29) is 11.4 Å². The lowest BCUT2D eigenvalue weighted by molar-refractivity contribution is -0.137. The number of fused-ring (bicyclic) bond motifs is 3. The second-order valence-corrected chi connectivity index (χ2v) is 9.70. The number of pyridine rings is 1. The smallest absolute Gasteiger partial charge is 0.354 e. The number of rotatable bonds is 4. The monoisotopic (exact) mass is 478 g/mol. The molecule has 0 radical (unpaired) electrons. The molecule has 3 aromatic heterocycles. The summed E-state index contributed by atoms with van der Waals surface area (Å²) in [5.41, 5.74) is 0.447. The van der Waals surface area contributed by atoms with E-state index < -0.39 is 11.7 Å². The molecule has 0 amide bonds. The molecule has 0 atom stereocenters. The van der Waals surface area contributed by atoms with Gasteiger partial charge in [0, 0.05) is 63.4 Å². The topological polar surface area (TPSA) is 57.5 Å². The molecule has 1 saturated heterocycles. The normalized spacial score (nSPS) is 18.1. The minimum Gasteiger partial charge on any atom is -0.354 e. The average Bonchev–Trinajstić information content (AvgIpc) is 3.16. The van der Waals surface area contributed by atoms with Gasteiger partial charge in [0.25, 0.3) is 5.56 Å². The Balaban J connectivity index is 1.25. The van der Waals surface area contributed by atoms with Crippen molar-refractivity contribution in [2.75, 3.05) is 51.2 Å². The van der Waals surface area contributed by atoms with Gasteiger partial charge in [-0.2, -0.15) is 13.2 Å². The van der Waals surface area contributed by atoms with Gasteiger partial charge in [0.2, 0.25) is 0 Å². The van der Waals surface area contributed by atoms with Gasteiger partial charge in [0.15, 0.2) is 0 Å². The Morgan fingerprint density at radius 3 is 2.64 bits per heavy atom. The zero-order chi connectivity index (χ0) is 23.2. The van der Waals surface area contributed by atoms with Crippen molar-refractivity contribution in [3.63, 3.8) is 0 Å². The largest absolute Gasteiger partial charge is 0.419 e. The van der Waals surface area contributed by atoms with Crippen molar-refractivity contribution in [1.82, 2.24) is 24.3 Å². The molecule has 11 heteroatoms. The highest BCUT2D eigenvalue weighted by Crippen LogP contribution is 2.35. The summed E-state index contributed by atoms with van der Waals surface area (Å²) < 4.78 is 41.6. The van der Waals surface area contributed by atoms with Crippen LogP contribution in [0, 0.1) is 0 Å². The summed E-state index contributed by atoms with van der Waals surface area (Å²) in [5, 5.41) is 0.755. The lowest BCUT2D eigenvalue weighted by Gasteiger charge is -2.36. The predicted molar refractivity (Wildman–Crippen MR) is 122 cm³/mol. The SMILES string of the molecule is CN1CCc2c(sc3ncn(CCN4CCN(c5ncccc5C(F)(F)F)CC4)c(=O)c23)C1. The summed E-state index contributed by atoms with van der Waals surface area (Å²) in [6, 6.07) is 2.39. The molecule has 2 aliphatic rings. The van der Waals surface area contributed by atoms with Crippen LogP contribution in [0.1, 0.15) is 16.0 Å². The molecule has 0 spiro atoms. The van der Waals surface area contributed by atoms with Gasteiger partial charge >= 0.3 is 6.18 Å². The average molecular weight is 479 g/mol. The maximum absolute atomic E-state index is 13.3. The summed E-state index contributed by atoms with van der Waals surface area (Å²) in [6.45, 7) is 5.07. The Hall–Kier alpha value is -2.50. The summed E-state index contributed by atoms with van der Waals surface area (Å²) in [4.78, 5) is 29.8. The van der Waals surface area contributed by atoms with Gasteiger partial charge in [0.1, 0.15) is 10.6 Å². The number of halogens is 3. The molecule has 0 saturated carbocycles. The van der Waals surface area contributed by atoms with E-state index in [9.17, 15) is 18.0 Å². The first-order valence-corrected chi connectivity index (χ1v) is 11.8. The molecule has 5 heterocycles. The summed E-state index contributed by atoms with van der Waals surface area (Å²) in [5.74, 6) is -0.0107. The quantitative estimate of drug-likeness (QED) is 0.575. The molecule has 0 aromatic carbocycles. The first-order valence-electron chi connectivity index (χ1n) is 11.0. The van der Waals surface area contributed by atoms with Crippen LogP contribution in [0.2, 0.25) is 0 Å². The zero-order valence-electron chi connectivity index (χ0n) is 18.3. The van der Waals surface area contributed by atoms with Crippen molar-refractivity contribution in [2.45, 2.75) is 25.7 Å². The van der Waals surface area contributed by atoms with Crippen LogP contribution >= 0.6 is 11.3 Å². The fourth-order valence-electron chi connectivity index (χ4n) is 4.61. The first kappa shape index (κ1) is 22.3. The Morgan fingerprint density at radius 2 is 1.88 bits per heavy atom.